The van der Waals surface area contributed by atoms with Crippen LogP contribution in [-0.2, 0) is 11.2 Å². The Hall–Kier alpha value is -0.860. The lowest BCUT2D eigenvalue weighted by Gasteiger charge is -2.31. The molecule has 17 heavy (non-hydrogen) atoms. The van der Waals surface area contributed by atoms with E-state index >= 15 is 0 Å². The van der Waals surface area contributed by atoms with Gasteiger partial charge in [-0.05, 0) is 37.4 Å². The number of rotatable bonds is 4. The Bertz CT molecular complexity index is 345. The molecule has 0 spiro atoms. The van der Waals surface area contributed by atoms with Crippen molar-refractivity contribution in [2.75, 3.05) is 20.3 Å². The molecule has 1 saturated heterocycles. The van der Waals surface area contributed by atoms with Gasteiger partial charge in [0.15, 0.2) is 0 Å². The summed E-state index contributed by atoms with van der Waals surface area (Å²) in [5, 5.41) is 3.48. The van der Waals surface area contributed by atoms with Crippen LogP contribution in [0.15, 0.2) is 24.3 Å². The first-order valence-corrected chi connectivity index (χ1v) is 6.69. The van der Waals surface area contributed by atoms with E-state index in [2.05, 4.69) is 43.6 Å². The summed E-state index contributed by atoms with van der Waals surface area (Å²) in [5.74, 6) is 0.612. The summed E-state index contributed by atoms with van der Waals surface area (Å²) < 4.78 is 5.62. The van der Waals surface area contributed by atoms with Gasteiger partial charge < -0.3 is 10.1 Å². The summed E-state index contributed by atoms with van der Waals surface area (Å²) >= 11 is 0. The van der Waals surface area contributed by atoms with Gasteiger partial charge in [-0.2, -0.15) is 0 Å². The lowest BCUT2D eigenvalue weighted by molar-refractivity contribution is 0.0401. The molecule has 1 aliphatic rings. The monoisotopic (exact) mass is 233 g/mol. The Kier molecular flexibility index (Phi) is 4.57. The van der Waals surface area contributed by atoms with Crippen molar-refractivity contribution < 1.29 is 4.74 Å². The minimum absolute atomic E-state index is 0.437. The molecule has 1 N–H and O–H groups in total. The molecule has 94 valence electrons. The van der Waals surface area contributed by atoms with Gasteiger partial charge in [0.05, 0.1) is 6.61 Å². The predicted molar refractivity (Wildman–Crippen MR) is 71.2 cm³/mol. The fourth-order valence-electron chi connectivity index (χ4n) is 2.83. The molecule has 0 aliphatic carbocycles. The molecule has 0 radical (unpaired) electrons. The van der Waals surface area contributed by atoms with Gasteiger partial charge in [-0.3, -0.25) is 0 Å². The number of hydrogen-bond acceptors (Lipinski definition) is 2. The van der Waals surface area contributed by atoms with Crippen LogP contribution in [-0.4, -0.2) is 20.3 Å². The van der Waals surface area contributed by atoms with Gasteiger partial charge in [-0.1, -0.05) is 31.2 Å². The van der Waals surface area contributed by atoms with E-state index in [9.17, 15) is 0 Å². The Morgan fingerprint density at radius 3 is 2.88 bits per heavy atom. The van der Waals surface area contributed by atoms with Gasteiger partial charge in [0, 0.05) is 18.6 Å². The van der Waals surface area contributed by atoms with Gasteiger partial charge in [0.2, 0.25) is 0 Å². The lowest BCUT2D eigenvalue weighted by atomic mass is 9.86. The van der Waals surface area contributed by atoms with Crippen molar-refractivity contribution in [3.8, 4) is 0 Å². The molecule has 2 atom stereocenters. The second kappa shape index (κ2) is 6.18. The second-order valence-corrected chi connectivity index (χ2v) is 4.80. The molecule has 1 aromatic rings. The van der Waals surface area contributed by atoms with Crippen molar-refractivity contribution in [2.45, 2.75) is 32.2 Å². The normalized spacial score (nSPS) is 22.4. The highest BCUT2D eigenvalue weighted by atomic mass is 16.5. The molecule has 2 nitrogen and oxygen atoms in total. The van der Waals surface area contributed by atoms with Crippen LogP contribution < -0.4 is 5.32 Å². The van der Waals surface area contributed by atoms with E-state index in [1.54, 1.807) is 0 Å². The summed E-state index contributed by atoms with van der Waals surface area (Å²) in [6.07, 6.45) is 3.56. The fourth-order valence-corrected chi connectivity index (χ4v) is 2.83. The molecular weight excluding hydrogens is 210 g/mol. The second-order valence-electron chi connectivity index (χ2n) is 4.80. The molecular formula is C15H23NO. The average molecular weight is 233 g/mol. The van der Waals surface area contributed by atoms with E-state index < -0.39 is 0 Å². The summed E-state index contributed by atoms with van der Waals surface area (Å²) in [6, 6.07) is 9.21. The molecule has 2 heteroatoms. The van der Waals surface area contributed by atoms with Crippen LogP contribution in [0.1, 0.15) is 36.9 Å². The first-order valence-electron chi connectivity index (χ1n) is 6.69. The van der Waals surface area contributed by atoms with Crippen molar-refractivity contribution in [3.63, 3.8) is 0 Å². The molecule has 1 heterocycles. The van der Waals surface area contributed by atoms with Crippen LogP contribution in [0.4, 0.5) is 0 Å². The largest absolute Gasteiger partial charge is 0.381 e. The van der Waals surface area contributed by atoms with Crippen LogP contribution in [0.3, 0.4) is 0 Å². The molecule has 0 saturated carbocycles. The lowest BCUT2D eigenvalue weighted by Crippen LogP contribution is -2.32. The van der Waals surface area contributed by atoms with Crippen molar-refractivity contribution in [2.24, 2.45) is 5.92 Å². The summed E-state index contributed by atoms with van der Waals surface area (Å²) in [6.45, 7) is 4.05. The maximum atomic E-state index is 5.62. The zero-order valence-electron chi connectivity index (χ0n) is 10.9. The molecule has 0 amide bonds. The molecule has 0 bridgehead atoms. The van der Waals surface area contributed by atoms with Crippen molar-refractivity contribution in [3.05, 3.63) is 35.4 Å². The van der Waals surface area contributed by atoms with Gasteiger partial charge in [0.25, 0.3) is 0 Å². The number of nitrogens with one attached hydrogen (secondary N) is 1. The standard InChI is InChI=1S/C15H23NO/c1-3-12-7-4-5-9-14(12)15(16-2)13-8-6-10-17-11-13/h4-5,7,9,13,15-16H,3,6,8,10-11H2,1-2H3. The molecule has 1 fully saturated rings. The highest BCUT2D eigenvalue weighted by molar-refractivity contribution is 5.30. The Labute approximate surface area is 104 Å². The topological polar surface area (TPSA) is 21.3 Å². The summed E-state index contributed by atoms with van der Waals surface area (Å²) in [4.78, 5) is 0. The molecule has 2 rings (SSSR count). The Balaban J connectivity index is 2.21. The number of aryl methyl sites for hydroxylation is 1. The van der Waals surface area contributed by atoms with Gasteiger partial charge in [0.1, 0.15) is 0 Å². The van der Waals surface area contributed by atoms with E-state index in [0.717, 1.165) is 19.6 Å². The minimum Gasteiger partial charge on any atom is -0.381 e. The smallest absolute Gasteiger partial charge is 0.0512 e. The van der Waals surface area contributed by atoms with Crippen LogP contribution in [0, 0.1) is 5.92 Å². The third-order valence-electron chi connectivity index (χ3n) is 3.75. The third-order valence-corrected chi connectivity index (χ3v) is 3.75. The van der Waals surface area contributed by atoms with E-state index in [0.29, 0.717) is 12.0 Å². The first-order chi connectivity index (χ1) is 8.36. The van der Waals surface area contributed by atoms with Crippen LogP contribution in [0.25, 0.3) is 0 Å². The van der Waals surface area contributed by atoms with Crippen LogP contribution >= 0.6 is 0 Å². The number of ether oxygens (including phenoxy) is 1. The van der Waals surface area contributed by atoms with E-state index in [4.69, 9.17) is 4.74 Å². The highest BCUT2D eigenvalue weighted by Gasteiger charge is 2.25. The molecule has 2 unspecified atom stereocenters. The zero-order valence-corrected chi connectivity index (χ0v) is 10.9. The highest BCUT2D eigenvalue weighted by Crippen LogP contribution is 2.30. The third kappa shape index (κ3) is 2.88. The predicted octanol–water partition coefficient (Wildman–Crippen LogP) is 2.94. The number of hydrogen-bond donors (Lipinski definition) is 1. The quantitative estimate of drug-likeness (QED) is 0.863. The number of benzene rings is 1. The Morgan fingerprint density at radius 2 is 2.24 bits per heavy atom. The fraction of sp³-hybridized carbons (Fsp3) is 0.600. The SMILES string of the molecule is CCc1ccccc1C(NC)C1CCCOC1. The van der Waals surface area contributed by atoms with Gasteiger partial charge in [-0.25, -0.2) is 0 Å². The van der Waals surface area contributed by atoms with E-state index in [1.165, 1.54) is 24.0 Å². The van der Waals surface area contributed by atoms with Crippen molar-refractivity contribution >= 4 is 0 Å². The van der Waals surface area contributed by atoms with Gasteiger partial charge >= 0.3 is 0 Å². The Morgan fingerprint density at radius 1 is 1.41 bits per heavy atom. The molecule has 0 aromatic heterocycles. The van der Waals surface area contributed by atoms with Crippen LogP contribution in [0.5, 0.6) is 0 Å². The molecule has 1 aliphatic heterocycles. The maximum absolute atomic E-state index is 5.62. The van der Waals surface area contributed by atoms with E-state index in [1.807, 2.05) is 0 Å². The van der Waals surface area contributed by atoms with Crippen LogP contribution in [0.2, 0.25) is 0 Å². The van der Waals surface area contributed by atoms with Crippen molar-refractivity contribution in [1.29, 1.82) is 0 Å². The summed E-state index contributed by atoms with van der Waals surface area (Å²) in [5.41, 5.74) is 2.91. The average Bonchev–Trinajstić information content (AvgIpc) is 2.41. The minimum atomic E-state index is 0.437. The first kappa shape index (κ1) is 12.6. The zero-order chi connectivity index (χ0) is 12.1. The summed E-state index contributed by atoms with van der Waals surface area (Å²) in [7, 11) is 2.06. The van der Waals surface area contributed by atoms with Gasteiger partial charge in [-0.15, -0.1) is 0 Å². The maximum Gasteiger partial charge on any atom is 0.0512 e. The van der Waals surface area contributed by atoms with E-state index in [-0.39, 0.29) is 0 Å². The molecule has 1 aromatic carbocycles. The van der Waals surface area contributed by atoms with Crippen molar-refractivity contribution in [1.82, 2.24) is 5.32 Å².